The molecule has 0 saturated carbocycles. The number of hydrogen-bond donors (Lipinski definition) is 0. The Hall–Kier alpha value is -2.90. The summed E-state index contributed by atoms with van der Waals surface area (Å²) in [5.74, 6) is -0.285. The summed E-state index contributed by atoms with van der Waals surface area (Å²) in [5.41, 5.74) is 5.78. The number of rotatable bonds is 8. The van der Waals surface area contributed by atoms with Crippen molar-refractivity contribution in [2.24, 2.45) is 0 Å². The van der Waals surface area contributed by atoms with Crippen molar-refractivity contribution >= 4 is 16.0 Å². The lowest BCUT2D eigenvalue weighted by Crippen LogP contribution is -2.28. The van der Waals surface area contributed by atoms with Crippen LogP contribution in [-0.4, -0.2) is 43.0 Å². The van der Waals surface area contributed by atoms with E-state index in [0.29, 0.717) is 31.0 Å². The zero-order valence-electron chi connectivity index (χ0n) is 20.1. The van der Waals surface area contributed by atoms with Crippen molar-refractivity contribution in [1.82, 2.24) is 8.87 Å². The largest absolute Gasteiger partial charge is 0.465 e. The molecule has 0 amide bonds. The van der Waals surface area contributed by atoms with Gasteiger partial charge in [-0.3, -0.25) is 4.79 Å². The van der Waals surface area contributed by atoms with Crippen molar-refractivity contribution in [2.45, 2.75) is 51.5 Å². The Balaban J connectivity index is 1.82. The van der Waals surface area contributed by atoms with Gasteiger partial charge >= 0.3 is 5.97 Å². The van der Waals surface area contributed by atoms with Crippen molar-refractivity contribution in [3.8, 4) is 11.1 Å². The highest BCUT2D eigenvalue weighted by Gasteiger charge is 2.30. The first-order valence-corrected chi connectivity index (χ1v) is 13.3. The normalized spacial score (nSPS) is 14.4. The molecule has 1 saturated heterocycles. The van der Waals surface area contributed by atoms with Crippen molar-refractivity contribution in [3.05, 3.63) is 77.1 Å². The molecule has 2 aromatic carbocycles. The Kier molecular flexibility index (Phi) is 7.24. The van der Waals surface area contributed by atoms with Gasteiger partial charge in [0.15, 0.2) is 0 Å². The monoisotopic (exact) mass is 480 g/mol. The summed E-state index contributed by atoms with van der Waals surface area (Å²) in [6.45, 7) is 7.39. The Morgan fingerprint density at radius 2 is 1.59 bits per heavy atom. The topological polar surface area (TPSA) is 68.6 Å². The van der Waals surface area contributed by atoms with Crippen molar-refractivity contribution in [1.29, 1.82) is 0 Å². The summed E-state index contributed by atoms with van der Waals surface area (Å²) in [4.78, 5) is 12.7. The standard InChI is InChI=1S/C27H32N2O4S/c1-4-33-26(30)19-29-20(2)24(27(21(29)3)22-12-6-5-7-13-22)18-23-14-8-9-15-25(23)34(31,32)28-16-10-11-17-28/h5-9,12-15H,4,10-11,16-19H2,1-3H3. The molecule has 180 valence electrons. The molecular weight excluding hydrogens is 448 g/mol. The minimum absolute atomic E-state index is 0.124. The molecule has 0 unspecified atom stereocenters. The molecule has 2 heterocycles. The minimum atomic E-state index is -3.56. The maximum absolute atomic E-state index is 13.4. The first kappa shape index (κ1) is 24.2. The van der Waals surface area contributed by atoms with Crippen LogP contribution in [0.2, 0.25) is 0 Å². The number of hydrogen-bond acceptors (Lipinski definition) is 4. The van der Waals surface area contributed by atoms with Crippen molar-refractivity contribution in [3.63, 3.8) is 0 Å². The zero-order chi connectivity index (χ0) is 24.3. The quantitative estimate of drug-likeness (QED) is 0.438. The van der Waals surface area contributed by atoms with E-state index in [0.717, 1.165) is 46.5 Å². The van der Waals surface area contributed by atoms with Crippen LogP contribution in [0.1, 0.15) is 42.3 Å². The lowest BCUT2D eigenvalue weighted by atomic mass is 9.95. The minimum Gasteiger partial charge on any atom is -0.465 e. The highest BCUT2D eigenvalue weighted by molar-refractivity contribution is 7.89. The fourth-order valence-corrected chi connectivity index (χ4v) is 6.62. The number of esters is 1. The van der Waals surface area contributed by atoms with Crippen LogP contribution >= 0.6 is 0 Å². The van der Waals surface area contributed by atoms with Crippen LogP contribution in [0, 0.1) is 13.8 Å². The molecule has 0 radical (unpaired) electrons. The molecule has 7 heteroatoms. The van der Waals surface area contributed by atoms with Gasteiger partial charge in [-0.1, -0.05) is 48.5 Å². The van der Waals surface area contributed by atoms with Gasteiger partial charge in [-0.15, -0.1) is 0 Å². The van der Waals surface area contributed by atoms with Crippen LogP contribution in [0.4, 0.5) is 0 Å². The van der Waals surface area contributed by atoms with E-state index in [9.17, 15) is 13.2 Å². The molecule has 0 bridgehead atoms. The number of carbonyl (C=O) groups excluding carboxylic acids is 1. The number of benzene rings is 2. The van der Waals surface area contributed by atoms with Crippen LogP contribution in [0.25, 0.3) is 11.1 Å². The third-order valence-corrected chi connectivity index (χ3v) is 8.59. The number of nitrogens with zero attached hydrogens (tertiary/aromatic N) is 2. The van der Waals surface area contributed by atoms with E-state index in [-0.39, 0.29) is 12.5 Å². The average Bonchev–Trinajstić information content (AvgIpc) is 3.45. The van der Waals surface area contributed by atoms with Crippen LogP contribution in [0.15, 0.2) is 59.5 Å². The van der Waals surface area contributed by atoms with E-state index in [2.05, 4.69) is 0 Å². The van der Waals surface area contributed by atoms with Crippen LogP contribution < -0.4 is 0 Å². The van der Waals surface area contributed by atoms with Gasteiger partial charge in [-0.2, -0.15) is 4.31 Å². The SMILES string of the molecule is CCOC(=O)Cn1c(C)c(Cc2ccccc2S(=O)(=O)N2CCCC2)c(-c2ccccc2)c1C. The Morgan fingerprint density at radius 1 is 0.941 bits per heavy atom. The van der Waals surface area contributed by atoms with Gasteiger partial charge in [0.2, 0.25) is 10.0 Å². The molecule has 0 spiro atoms. The van der Waals surface area contributed by atoms with Crippen molar-refractivity contribution < 1.29 is 17.9 Å². The first-order valence-electron chi connectivity index (χ1n) is 11.8. The number of ether oxygens (including phenoxy) is 1. The smallest absolute Gasteiger partial charge is 0.325 e. The Labute approximate surface area is 202 Å². The van der Waals surface area contributed by atoms with E-state index in [1.807, 2.05) is 60.9 Å². The van der Waals surface area contributed by atoms with Crippen molar-refractivity contribution in [2.75, 3.05) is 19.7 Å². The second-order valence-corrected chi connectivity index (χ2v) is 10.6. The molecule has 34 heavy (non-hydrogen) atoms. The lowest BCUT2D eigenvalue weighted by molar-refractivity contribution is -0.143. The van der Waals surface area contributed by atoms with Gasteiger partial charge in [0.25, 0.3) is 0 Å². The van der Waals surface area contributed by atoms with Gasteiger partial charge in [0, 0.05) is 36.5 Å². The molecule has 3 aromatic rings. The predicted molar refractivity (Wildman–Crippen MR) is 133 cm³/mol. The molecule has 1 aliphatic rings. The molecular formula is C27H32N2O4S. The maximum atomic E-state index is 13.4. The molecule has 6 nitrogen and oxygen atoms in total. The second kappa shape index (κ2) is 10.2. The summed E-state index contributed by atoms with van der Waals surface area (Å²) in [7, 11) is -3.56. The predicted octanol–water partition coefficient (Wildman–Crippen LogP) is 4.71. The molecule has 1 aromatic heterocycles. The second-order valence-electron chi connectivity index (χ2n) is 8.68. The van der Waals surface area contributed by atoms with Gasteiger partial charge in [-0.25, -0.2) is 8.42 Å². The molecule has 0 atom stereocenters. The molecule has 4 rings (SSSR count). The Bertz CT molecular complexity index is 1270. The summed E-state index contributed by atoms with van der Waals surface area (Å²) in [6.07, 6.45) is 2.25. The van der Waals surface area contributed by atoms with E-state index in [1.165, 1.54) is 0 Å². The highest BCUT2D eigenvalue weighted by atomic mass is 32.2. The van der Waals surface area contributed by atoms with Crippen LogP contribution in [-0.2, 0) is 32.5 Å². The summed E-state index contributed by atoms with van der Waals surface area (Å²) < 4.78 is 35.6. The van der Waals surface area contributed by atoms with E-state index in [1.54, 1.807) is 23.4 Å². The lowest BCUT2D eigenvalue weighted by Gasteiger charge is -2.18. The molecule has 1 aliphatic heterocycles. The summed E-state index contributed by atoms with van der Waals surface area (Å²) in [5, 5.41) is 0. The van der Waals surface area contributed by atoms with Gasteiger partial charge < -0.3 is 9.30 Å². The van der Waals surface area contributed by atoms with E-state index in [4.69, 9.17) is 4.74 Å². The molecule has 1 fully saturated rings. The maximum Gasteiger partial charge on any atom is 0.325 e. The number of carbonyl (C=O) groups is 1. The number of sulfonamides is 1. The summed E-state index contributed by atoms with van der Waals surface area (Å²) in [6, 6.07) is 17.3. The average molecular weight is 481 g/mol. The van der Waals surface area contributed by atoms with Gasteiger partial charge in [0.05, 0.1) is 11.5 Å². The molecule has 0 N–H and O–H groups in total. The highest BCUT2D eigenvalue weighted by Crippen LogP contribution is 2.35. The molecule has 0 aliphatic carbocycles. The van der Waals surface area contributed by atoms with Crippen LogP contribution in [0.5, 0.6) is 0 Å². The van der Waals surface area contributed by atoms with Gasteiger partial charge in [-0.05, 0) is 56.4 Å². The first-order chi connectivity index (χ1) is 16.3. The van der Waals surface area contributed by atoms with E-state index < -0.39 is 10.0 Å². The summed E-state index contributed by atoms with van der Waals surface area (Å²) >= 11 is 0. The fourth-order valence-electron chi connectivity index (χ4n) is 4.89. The fraction of sp³-hybridized carbons (Fsp3) is 0.370. The zero-order valence-corrected chi connectivity index (χ0v) is 20.9. The van der Waals surface area contributed by atoms with Gasteiger partial charge in [0.1, 0.15) is 6.54 Å². The third-order valence-electron chi connectivity index (χ3n) is 6.59. The third kappa shape index (κ3) is 4.68. The van der Waals surface area contributed by atoms with Crippen LogP contribution in [0.3, 0.4) is 0 Å². The Morgan fingerprint density at radius 3 is 2.26 bits per heavy atom. The number of aromatic nitrogens is 1. The van der Waals surface area contributed by atoms with E-state index >= 15 is 0 Å².